The predicted octanol–water partition coefficient (Wildman–Crippen LogP) is 2.23. The van der Waals surface area contributed by atoms with Crippen molar-refractivity contribution < 1.29 is 14.3 Å². The van der Waals surface area contributed by atoms with Crippen molar-refractivity contribution in [3.05, 3.63) is 29.3 Å². The summed E-state index contributed by atoms with van der Waals surface area (Å²) in [7, 11) is 1.62. The third-order valence-electron chi connectivity index (χ3n) is 2.78. The minimum atomic E-state index is 0.0432. The summed E-state index contributed by atoms with van der Waals surface area (Å²) in [6, 6.07) is 6.13. The highest BCUT2D eigenvalue weighted by Crippen LogP contribution is 2.19. The summed E-state index contributed by atoms with van der Waals surface area (Å²) in [6.45, 7) is 5.72. The van der Waals surface area contributed by atoms with E-state index in [0.717, 1.165) is 11.3 Å². The Morgan fingerprint density at radius 1 is 1.26 bits per heavy atom. The molecule has 0 aliphatic carbocycles. The molecule has 1 rings (SSSR count). The fourth-order valence-corrected chi connectivity index (χ4v) is 1.66. The average molecular weight is 265 g/mol. The van der Waals surface area contributed by atoms with E-state index in [0.29, 0.717) is 32.6 Å². The number of carbonyl (C=O) groups excluding carboxylic acids is 1. The first-order valence-corrected chi connectivity index (χ1v) is 6.59. The number of ether oxygens (including phenoxy) is 2. The minimum Gasteiger partial charge on any atom is -0.493 e. The van der Waals surface area contributed by atoms with Crippen LogP contribution in [0.4, 0.5) is 0 Å². The molecule has 1 N–H and O–H groups in total. The normalized spacial score (nSPS) is 10.3. The van der Waals surface area contributed by atoms with E-state index in [-0.39, 0.29) is 5.91 Å². The van der Waals surface area contributed by atoms with E-state index in [1.54, 1.807) is 7.11 Å². The van der Waals surface area contributed by atoms with Crippen LogP contribution in [0.2, 0.25) is 0 Å². The van der Waals surface area contributed by atoms with Crippen LogP contribution in [0.3, 0.4) is 0 Å². The number of benzene rings is 1. The Morgan fingerprint density at radius 3 is 2.79 bits per heavy atom. The lowest BCUT2D eigenvalue weighted by atomic mass is 10.1. The van der Waals surface area contributed by atoms with E-state index < -0.39 is 0 Å². The molecule has 0 aromatic heterocycles. The van der Waals surface area contributed by atoms with Gasteiger partial charge in [0.15, 0.2) is 0 Å². The Kier molecular flexibility index (Phi) is 6.97. The number of rotatable bonds is 8. The van der Waals surface area contributed by atoms with Gasteiger partial charge in [-0.25, -0.2) is 0 Å². The van der Waals surface area contributed by atoms with Gasteiger partial charge in [0.05, 0.1) is 13.2 Å². The van der Waals surface area contributed by atoms with Crippen LogP contribution in [-0.4, -0.2) is 32.8 Å². The second-order valence-electron chi connectivity index (χ2n) is 4.56. The van der Waals surface area contributed by atoms with Crippen molar-refractivity contribution in [1.29, 1.82) is 0 Å². The highest BCUT2D eigenvalue weighted by Gasteiger charge is 2.02. The van der Waals surface area contributed by atoms with Crippen molar-refractivity contribution in [2.45, 2.75) is 26.7 Å². The van der Waals surface area contributed by atoms with Gasteiger partial charge in [-0.1, -0.05) is 12.1 Å². The van der Waals surface area contributed by atoms with Crippen LogP contribution in [0.15, 0.2) is 18.2 Å². The third-order valence-corrected chi connectivity index (χ3v) is 2.78. The maximum atomic E-state index is 11.4. The van der Waals surface area contributed by atoms with Gasteiger partial charge in [0, 0.05) is 20.1 Å². The summed E-state index contributed by atoms with van der Waals surface area (Å²) < 4.78 is 10.5. The van der Waals surface area contributed by atoms with E-state index in [4.69, 9.17) is 9.47 Å². The SMILES string of the molecule is COCCNC(=O)CCCOc1cc(C)ccc1C. The van der Waals surface area contributed by atoms with Gasteiger partial charge >= 0.3 is 0 Å². The zero-order valence-electron chi connectivity index (χ0n) is 12.0. The van der Waals surface area contributed by atoms with Crippen molar-refractivity contribution in [2.75, 3.05) is 26.9 Å². The number of methoxy groups -OCH3 is 1. The first-order valence-electron chi connectivity index (χ1n) is 6.59. The smallest absolute Gasteiger partial charge is 0.220 e. The maximum absolute atomic E-state index is 11.4. The van der Waals surface area contributed by atoms with Crippen LogP contribution in [-0.2, 0) is 9.53 Å². The van der Waals surface area contributed by atoms with Gasteiger partial charge in [-0.15, -0.1) is 0 Å². The lowest BCUT2D eigenvalue weighted by Gasteiger charge is -2.10. The molecule has 0 saturated heterocycles. The van der Waals surface area contributed by atoms with Crippen LogP contribution >= 0.6 is 0 Å². The fourth-order valence-electron chi connectivity index (χ4n) is 1.66. The predicted molar refractivity (Wildman–Crippen MR) is 75.5 cm³/mol. The summed E-state index contributed by atoms with van der Waals surface area (Å²) in [5.74, 6) is 0.946. The summed E-state index contributed by atoms with van der Waals surface area (Å²) in [4.78, 5) is 11.4. The molecule has 0 spiro atoms. The average Bonchev–Trinajstić information content (AvgIpc) is 2.39. The van der Waals surface area contributed by atoms with Crippen molar-refractivity contribution in [3.63, 3.8) is 0 Å². The lowest BCUT2D eigenvalue weighted by Crippen LogP contribution is -2.27. The molecule has 0 heterocycles. The number of hydrogen-bond donors (Lipinski definition) is 1. The summed E-state index contributed by atoms with van der Waals surface area (Å²) in [5, 5.41) is 2.78. The topological polar surface area (TPSA) is 47.6 Å². The van der Waals surface area contributed by atoms with Gasteiger partial charge in [0.25, 0.3) is 0 Å². The Hall–Kier alpha value is -1.55. The highest BCUT2D eigenvalue weighted by molar-refractivity contribution is 5.75. The largest absolute Gasteiger partial charge is 0.493 e. The molecule has 1 amide bonds. The molecule has 0 atom stereocenters. The zero-order chi connectivity index (χ0) is 14.1. The second kappa shape index (κ2) is 8.53. The first-order chi connectivity index (χ1) is 9.13. The molecule has 1 aromatic carbocycles. The molecule has 0 aliphatic rings. The summed E-state index contributed by atoms with van der Waals surface area (Å²) in [6.07, 6.45) is 1.20. The van der Waals surface area contributed by atoms with Gasteiger partial charge in [-0.3, -0.25) is 4.79 Å². The number of aryl methyl sites for hydroxylation is 2. The molecular formula is C15H23NO3. The number of amides is 1. The molecule has 0 bridgehead atoms. The van der Waals surface area contributed by atoms with Gasteiger partial charge in [0.1, 0.15) is 5.75 Å². The fraction of sp³-hybridized carbons (Fsp3) is 0.533. The van der Waals surface area contributed by atoms with Crippen LogP contribution in [0.1, 0.15) is 24.0 Å². The van der Waals surface area contributed by atoms with Crippen molar-refractivity contribution in [1.82, 2.24) is 5.32 Å². The van der Waals surface area contributed by atoms with Gasteiger partial charge in [0.2, 0.25) is 5.91 Å². The van der Waals surface area contributed by atoms with Gasteiger partial charge in [-0.2, -0.15) is 0 Å². The van der Waals surface area contributed by atoms with E-state index in [2.05, 4.69) is 11.4 Å². The Morgan fingerprint density at radius 2 is 2.05 bits per heavy atom. The van der Waals surface area contributed by atoms with Crippen LogP contribution < -0.4 is 10.1 Å². The Balaban J connectivity index is 2.20. The second-order valence-corrected chi connectivity index (χ2v) is 4.56. The molecule has 106 valence electrons. The van der Waals surface area contributed by atoms with Gasteiger partial charge in [-0.05, 0) is 37.5 Å². The standard InChI is InChI=1S/C15H23NO3/c1-12-6-7-13(2)14(11-12)19-9-4-5-15(17)16-8-10-18-3/h6-7,11H,4-5,8-10H2,1-3H3,(H,16,17). The van der Waals surface area contributed by atoms with Crippen LogP contribution in [0.25, 0.3) is 0 Å². The van der Waals surface area contributed by atoms with Crippen LogP contribution in [0.5, 0.6) is 5.75 Å². The molecule has 4 heteroatoms. The highest BCUT2D eigenvalue weighted by atomic mass is 16.5. The molecule has 1 aromatic rings. The quantitative estimate of drug-likeness (QED) is 0.733. The molecule has 0 aliphatic heterocycles. The lowest BCUT2D eigenvalue weighted by molar-refractivity contribution is -0.121. The van der Waals surface area contributed by atoms with Gasteiger partial charge < -0.3 is 14.8 Å². The Bertz CT molecular complexity index is 404. The Labute approximate surface area is 115 Å². The van der Waals surface area contributed by atoms with E-state index in [9.17, 15) is 4.79 Å². The van der Waals surface area contributed by atoms with E-state index in [1.807, 2.05) is 26.0 Å². The monoisotopic (exact) mass is 265 g/mol. The van der Waals surface area contributed by atoms with Crippen LogP contribution in [0, 0.1) is 13.8 Å². The molecule has 4 nitrogen and oxygen atoms in total. The van der Waals surface area contributed by atoms with Crippen molar-refractivity contribution in [2.24, 2.45) is 0 Å². The number of carbonyl (C=O) groups is 1. The first kappa shape index (κ1) is 15.5. The molecule has 0 fully saturated rings. The zero-order valence-corrected chi connectivity index (χ0v) is 12.0. The molecule has 0 radical (unpaired) electrons. The molecule has 0 saturated carbocycles. The molecule has 0 unspecified atom stereocenters. The van der Waals surface area contributed by atoms with Crippen molar-refractivity contribution >= 4 is 5.91 Å². The summed E-state index contributed by atoms with van der Waals surface area (Å²) in [5.41, 5.74) is 2.30. The number of nitrogens with one attached hydrogen (secondary N) is 1. The third kappa shape index (κ3) is 6.25. The van der Waals surface area contributed by atoms with E-state index in [1.165, 1.54) is 5.56 Å². The van der Waals surface area contributed by atoms with E-state index >= 15 is 0 Å². The summed E-state index contributed by atoms with van der Waals surface area (Å²) >= 11 is 0. The maximum Gasteiger partial charge on any atom is 0.220 e. The van der Waals surface area contributed by atoms with Crippen molar-refractivity contribution in [3.8, 4) is 5.75 Å². The minimum absolute atomic E-state index is 0.0432. The molecular weight excluding hydrogens is 242 g/mol. The number of hydrogen-bond acceptors (Lipinski definition) is 3. The molecule has 19 heavy (non-hydrogen) atoms.